The minimum absolute atomic E-state index is 0.396. The first-order chi connectivity index (χ1) is 8.54. The molecule has 18 heavy (non-hydrogen) atoms. The molecule has 0 unspecified atom stereocenters. The van der Waals surface area contributed by atoms with Crippen molar-refractivity contribution >= 4 is 28.1 Å². The first-order valence-corrected chi connectivity index (χ1v) is 6.89. The van der Waals surface area contributed by atoms with Gasteiger partial charge in [0.2, 0.25) is 0 Å². The fourth-order valence-corrected chi connectivity index (χ4v) is 2.54. The number of aromatic nitrogens is 2. The molecule has 0 spiro atoms. The number of hydrogen-bond acceptors (Lipinski definition) is 2. The van der Waals surface area contributed by atoms with E-state index in [0.29, 0.717) is 10.7 Å². The number of ether oxygens (including phenoxy) is 1. The molecule has 0 atom stereocenters. The van der Waals surface area contributed by atoms with E-state index in [1.807, 2.05) is 29.0 Å². The molecule has 0 fully saturated rings. The summed E-state index contributed by atoms with van der Waals surface area (Å²) in [5.41, 5.74) is 2.16. The molecule has 1 aromatic carbocycles. The highest BCUT2D eigenvalue weighted by molar-refractivity contribution is 9.10. The van der Waals surface area contributed by atoms with E-state index in [9.17, 15) is 0 Å². The number of H-pyrrole nitrogens is 1. The molecule has 2 rings (SSSR count). The van der Waals surface area contributed by atoms with Gasteiger partial charge in [-0.2, -0.15) is 0 Å². The van der Waals surface area contributed by atoms with Crippen LogP contribution in [-0.4, -0.2) is 16.7 Å². The monoisotopic (exact) mass is 326 g/mol. The van der Waals surface area contributed by atoms with E-state index in [1.54, 1.807) is 7.11 Å². The van der Waals surface area contributed by atoms with Gasteiger partial charge >= 0.3 is 0 Å². The van der Waals surface area contributed by atoms with Crippen LogP contribution in [0.2, 0.25) is 0 Å². The lowest BCUT2D eigenvalue weighted by Gasteiger charge is -2.12. The second-order valence-corrected chi connectivity index (χ2v) is 5.57. The van der Waals surface area contributed by atoms with Crippen LogP contribution in [0.15, 0.2) is 28.9 Å². The number of nitrogens with zero attached hydrogens (tertiary/aromatic N) is 1. The van der Waals surface area contributed by atoms with Gasteiger partial charge in [0.25, 0.3) is 0 Å². The van der Waals surface area contributed by atoms with Crippen LogP contribution in [0.1, 0.15) is 25.5 Å². The number of imidazole rings is 1. The van der Waals surface area contributed by atoms with Crippen molar-refractivity contribution < 1.29 is 4.74 Å². The van der Waals surface area contributed by atoms with Gasteiger partial charge in [-0.25, -0.2) is 0 Å². The van der Waals surface area contributed by atoms with Crippen molar-refractivity contribution in [3.63, 3.8) is 0 Å². The van der Waals surface area contributed by atoms with Crippen molar-refractivity contribution in [1.29, 1.82) is 0 Å². The maximum Gasteiger partial charge on any atom is 0.182 e. The Morgan fingerprint density at radius 2 is 2.11 bits per heavy atom. The number of methoxy groups -OCH3 is 1. The molecule has 0 saturated carbocycles. The van der Waals surface area contributed by atoms with Crippen LogP contribution in [0.25, 0.3) is 5.69 Å². The lowest BCUT2D eigenvalue weighted by Crippen LogP contribution is -2.02. The van der Waals surface area contributed by atoms with E-state index in [-0.39, 0.29) is 0 Å². The summed E-state index contributed by atoms with van der Waals surface area (Å²) in [6, 6.07) is 5.95. The maximum absolute atomic E-state index is 5.34. The molecule has 0 bridgehead atoms. The fourth-order valence-electron chi connectivity index (χ4n) is 1.86. The van der Waals surface area contributed by atoms with Crippen molar-refractivity contribution in [2.75, 3.05) is 7.11 Å². The standard InChI is InChI=1S/C13H15BrN2OS/c1-8(2)11-7-15-13(18)16(11)9-4-5-10(14)12(6-9)17-3/h4-8H,1-3H3,(H,15,18). The molecule has 2 aromatic rings. The van der Waals surface area contributed by atoms with Crippen LogP contribution in [0.4, 0.5) is 0 Å². The average molecular weight is 327 g/mol. The van der Waals surface area contributed by atoms with Crippen LogP contribution >= 0.6 is 28.1 Å². The number of aromatic amines is 1. The summed E-state index contributed by atoms with van der Waals surface area (Å²) in [6.45, 7) is 4.29. The highest BCUT2D eigenvalue weighted by Gasteiger charge is 2.11. The predicted molar refractivity (Wildman–Crippen MR) is 79.3 cm³/mol. The second kappa shape index (κ2) is 5.28. The van der Waals surface area contributed by atoms with E-state index in [4.69, 9.17) is 17.0 Å². The number of rotatable bonds is 3. The zero-order chi connectivity index (χ0) is 13.3. The largest absolute Gasteiger partial charge is 0.495 e. The maximum atomic E-state index is 5.34. The van der Waals surface area contributed by atoms with Crippen molar-refractivity contribution in [2.24, 2.45) is 0 Å². The lowest BCUT2D eigenvalue weighted by molar-refractivity contribution is 0.412. The highest BCUT2D eigenvalue weighted by Crippen LogP contribution is 2.29. The molecular formula is C13H15BrN2OS. The van der Waals surface area contributed by atoms with Gasteiger partial charge in [0.05, 0.1) is 17.3 Å². The normalized spacial score (nSPS) is 10.9. The van der Waals surface area contributed by atoms with Crippen LogP contribution in [-0.2, 0) is 0 Å². The summed E-state index contributed by atoms with van der Waals surface area (Å²) in [5, 5.41) is 0. The molecule has 1 aromatic heterocycles. The Morgan fingerprint density at radius 1 is 1.39 bits per heavy atom. The third-order valence-electron chi connectivity index (χ3n) is 2.79. The SMILES string of the molecule is COc1cc(-n2c(C(C)C)c[nH]c2=S)ccc1Br. The van der Waals surface area contributed by atoms with Gasteiger partial charge in [0, 0.05) is 18.0 Å². The van der Waals surface area contributed by atoms with Gasteiger partial charge in [-0.3, -0.25) is 4.57 Å². The molecule has 1 N–H and O–H groups in total. The van der Waals surface area contributed by atoms with E-state index in [1.165, 1.54) is 0 Å². The number of halogens is 1. The fraction of sp³-hybridized carbons (Fsp3) is 0.308. The Kier molecular flexibility index (Phi) is 3.92. The van der Waals surface area contributed by atoms with Crippen LogP contribution in [0.3, 0.4) is 0 Å². The Balaban J connectivity index is 2.62. The number of hydrogen-bond donors (Lipinski definition) is 1. The molecule has 0 aliphatic rings. The Hall–Kier alpha value is -1.07. The highest BCUT2D eigenvalue weighted by atomic mass is 79.9. The third-order valence-corrected chi connectivity index (χ3v) is 3.74. The van der Waals surface area contributed by atoms with E-state index in [2.05, 4.69) is 34.8 Å². The molecule has 5 heteroatoms. The Morgan fingerprint density at radius 3 is 2.72 bits per heavy atom. The minimum atomic E-state index is 0.396. The first kappa shape index (κ1) is 13.4. The van der Waals surface area contributed by atoms with Gasteiger partial charge < -0.3 is 9.72 Å². The zero-order valence-corrected chi connectivity index (χ0v) is 12.9. The van der Waals surface area contributed by atoms with E-state index in [0.717, 1.165) is 21.6 Å². The quantitative estimate of drug-likeness (QED) is 0.845. The van der Waals surface area contributed by atoms with Gasteiger partial charge in [-0.05, 0) is 46.2 Å². The summed E-state index contributed by atoms with van der Waals surface area (Å²) in [7, 11) is 1.66. The molecule has 96 valence electrons. The zero-order valence-electron chi connectivity index (χ0n) is 10.5. The summed E-state index contributed by atoms with van der Waals surface area (Å²) in [4.78, 5) is 3.09. The van der Waals surface area contributed by atoms with Gasteiger partial charge in [-0.1, -0.05) is 13.8 Å². The molecule has 0 amide bonds. The van der Waals surface area contributed by atoms with Crippen molar-refractivity contribution in [2.45, 2.75) is 19.8 Å². The second-order valence-electron chi connectivity index (χ2n) is 4.33. The molecule has 0 saturated heterocycles. The van der Waals surface area contributed by atoms with Crippen molar-refractivity contribution in [3.05, 3.63) is 39.3 Å². The first-order valence-electron chi connectivity index (χ1n) is 5.69. The molecule has 0 aliphatic heterocycles. The van der Waals surface area contributed by atoms with E-state index < -0.39 is 0 Å². The van der Waals surface area contributed by atoms with Crippen LogP contribution < -0.4 is 4.74 Å². The smallest absolute Gasteiger partial charge is 0.182 e. The summed E-state index contributed by atoms with van der Waals surface area (Å²) >= 11 is 8.79. The minimum Gasteiger partial charge on any atom is -0.495 e. The molecule has 0 aliphatic carbocycles. The Bertz CT molecular complexity index is 616. The Labute approximate surface area is 120 Å². The number of benzene rings is 1. The summed E-state index contributed by atoms with van der Waals surface area (Å²) in [5.74, 6) is 1.19. The molecule has 3 nitrogen and oxygen atoms in total. The van der Waals surface area contributed by atoms with Crippen molar-refractivity contribution in [3.8, 4) is 11.4 Å². The number of nitrogens with one attached hydrogen (secondary N) is 1. The van der Waals surface area contributed by atoms with Gasteiger partial charge in [0.15, 0.2) is 4.77 Å². The van der Waals surface area contributed by atoms with Gasteiger partial charge in [-0.15, -0.1) is 0 Å². The van der Waals surface area contributed by atoms with Gasteiger partial charge in [0.1, 0.15) is 5.75 Å². The van der Waals surface area contributed by atoms with Crippen LogP contribution in [0.5, 0.6) is 5.75 Å². The lowest BCUT2D eigenvalue weighted by atomic mass is 10.1. The topological polar surface area (TPSA) is 29.9 Å². The summed E-state index contributed by atoms with van der Waals surface area (Å²) in [6.07, 6.45) is 1.96. The average Bonchev–Trinajstić information content (AvgIpc) is 2.72. The summed E-state index contributed by atoms with van der Waals surface area (Å²) < 4.78 is 8.99. The molecule has 1 heterocycles. The van der Waals surface area contributed by atoms with Crippen LogP contribution in [0, 0.1) is 4.77 Å². The third kappa shape index (κ3) is 2.37. The molecular weight excluding hydrogens is 312 g/mol. The molecule has 0 radical (unpaired) electrons. The van der Waals surface area contributed by atoms with E-state index >= 15 is 0 Å². The predicted octanol–water partition coefficient (Wildman–Crippen LogP) is 4.43. The van der Waals surface area contributed by atoms with Crippen molar-refractivity contribution in [1.82, 2.24) is 9.55 Å².